The summed E-state index contributed by atoms with van der Waals surface area (Å²) in [6.45, 7) is 13.3. The van der Waals surface area contributed by atoms with Gasteiger partial charge >= 0.3 is 0 Å². The molecule has 7 rings (SSSR count). The first-order chi connectivity index (χ1) is 21.2. The van der Waals surface area contributed by atoms with Gasteiger partial charge in [-0.05, 0) is 51.2 Å². The molecule has 4 aromatic heterocycles. The second-order valence-corrected chi connectivity index (χ2v) is 12.2. The highest BCUT2D eigenvalue weighted by Crippen LogP contribution is 2.35. The number of rotatable bonds is 8. The van der Waals surface area contributed by atoms with Crippen LogP contribution in [0.15, 0.2) is 66.2 Å². The first-order valence-corrected chi connectivity index (χ1v) is 15.1. The molecule has 2 saturated heterocycles. The zero-order chi connectivity index (χ0) is 30.6. The van der Waals surface area contributed by atoms with Gasteiger partial charge in [-0.3, -0.25) is 4.79 Å². The molecule has 6 heterocycles. The Morgan fingerprint density at radius 3 is 2.61 bits per heavy atom. The molecule has 2 aliphatic heterocycles. The number of anilines is 3. The molecule has 0 amide bonds. The molecule has 0 radical (unpaired) electrons. The Kier molecular flexibility index (Phi) is 6.99. The van der Waals surface area contributed by atoms with Gasteiger partial charge in [-0.15, -0.1) is 6.58 Å². The number of benzene rings is 1. The van der Waals surface area contributed by atoms with Crippen molar-refractivity contribution in [1.29, 1.82) is 0 Å². The highest BCUT2D eigenvalue weighted by atomic mass is 16.3. The van der Waals surface area contributed by atoms with Gasteiger partial charge in [-0.2, -0.15) is 4.98 Å². The Bertz CT molecular complexity index is 1920. The summed E-state index contributed by atoms with van der Waals surface area (Å²) < 4.78 is 5.56. The third kappa shape index (κ3) is 4.94. The molecule has 0 bridgehead atoms. The van der Waals surface area contributed by atoms with E-state index >= 15 is 0 Å². The molecule has 0 aliphatic carbocycles. The van der Waals surface area contributed by atoms with E-state index in [1.807, 2.05) is 6.07 Å². The monoisotopic (exact) mass is 594 g/mol. The maximum absolute atomic E-state index is 13.5. The summed E-state index contributed by atoms with van der Waals surface area (Å²) in [5.41, 5.74) is 2.73. The van der Waals surface area contributed by atoms with Crippen molar-refractivity contribution in [2.75, 3.05) is 56.5 Å². The number of nitrogens with one attached hydrogen (secondary N) is 2. The Balaban J connectivity index is 1.33. The molecule has 0 spiro atoms. The molecule has 1 aromatic carbocycles. The normalized spacial score (nSPS) is 16.5. The molecule has 5 aromatic rings. The number of pyridine rings is 1. The molecular formula is C32H38N10O2. The lowest BCUT2D eigenvalue weighted by atomic mass is 10.1. The van der Waals surface area contributed by atoms with E-state index in [9.17, 15) is 9.90 Å². The summed E-state index contributed by atoms with van der Waals surface area (Å²) in [7, 11) is 2.16. The number of aliphatic hydroxyl groups is 1. The van der Waals surface area contributed by atoms with Gasteiger partial charge in [-0.1, -0.05) is 12.1 Å². The molecule has 3 N–H and O–H groups in total. The Labute approximate surface area is 255 Å². The van der Waals surface area contributed by atoms with E-state index in [4.69, 9.17) is 9.97 Å². The number of hydrogen-bond donors (Lipinski definition) is 3. The molecule has 44 heavy (non-hydrogen) atoms. The zero-order valence-electron chi connectivity index (χ0n) is 25.4. The SMILES string of the molecule is C=CCn1c(=O)c2cnc(Nc3cc(N4CCN(C)CC4)c4ccn(C5CNC5)c4c3)nc2n1-c1cccc(C(C)(C)O)n1. The van der Waals surface area contributed by atoms with Crippen LogP contribution >= 0.6 is 0 Å². The van der Waals surface area contributed by atoms with E-state index in [1.165, 1.54) is 15.8 Å². The lowest BCUT2D eigenvalue weighted by molar-refractivity contribution is 0.0738. The second kappa shape index (κ2) is 10.9. The molecule has 0 atom stereocenters. The van der Waals surface area contributed by atoms with E-state index in [1.54, 1.807) is 42.9 Å². The Hall–Kier alpha value is -4.52. The smallest absolute Gasteiger partial charge is 0.278 e. The van der Waals surface area contributed by atoms with Gasteiger partial charge in [0.25, 0.3) is 5.56 Å². The van der Waals surface area contributed by atoms with Crippen molar-refractivity contribution in [2.24, 2.45) is 0 Å². The molecule has 228 valence electrons. The fraction of sp³-hybridized carbons (Fsp3) is 0.375. The third-order valence-corrected chi connectivity index (χ3v) is 8.63. The summed E-state index contributed by atoms with van der Waals surface area (Å²) in [6.07, 6.45) is 5.41. The molecule has 12 nitrogen and oxygen atoms in total. The van der Waals surface area contributed by atoms with Crippen molar-refractivity contribution in [1.82, 2.24) is 39.1 Å². The van der Waals surface area contributed by atoms with E-state index in [0.29, 0.717) is 34.5 Å². The van der Waals surface area contributed by atoms with Crippen molar-refractivity contribution in [3.05, 3.63) is 77.5 Å². The number of likely N-dealkylation sites (N-methyl/N-ethyl adjacent to an activating group) is 1. The van der Waals surface area contributed by atoms with Crippen LogP contribution in [0.25, 0.3) is 27.8 Å². The number of nitrogens with zero attached hydrogens (tertiary/aromatic N) is 8. The number of piperazine rings is 1. The quantitative estimate of drug-likeness (QED) is 0.233. The summed E-state index contributed by atoms with van der Waals surface area (Å²) >= 11 is 0. The average Bonchev–Trinajstić information content (AvgIpc) is 3.50. The van der Waals surface area contributed by atoms with Gasteiger partial charge in [0.2, 0.25) is 5.95 Å². The van der Waals surface area contributed by atoms with Crippen molar-refractivity contribution >= 4 is 39.3 Å². The average molecular weight is 595 g/mol. The van der Waals surface area contributed by atoms with Crippen LogP contribution in [0.1, 0.15) is 25.6 Å². The molecule has 12 heteroatoms. The van der Waals surface area contributed by atoms with E-state index in [0.717, 1.165) is 50.5 Å². The lowest BCUT2D eigenvalue weighted by Gasteiger charge is -2.35. The van der Waals surface area contributed by atoms with Gasteiger partial charge in [0.1, 0.15) is 11.0 Å². The standard InChI is InChI=1S/C32H38N10O2/c1-5-10-41-30(43)24-20-34-31(37-29(24)42(41)28-8-6-7-27(36-28)32(2,3)44)35-21-16-25(39-14-12-38(4)13-15-39)23-9-11-40(26(23)17-21)22-18-33-19-22/h5-9,11,16-17,20,22,33,44H,1,10,12-15,18-19H2,2-4H3,(H,34,35,37). The maximum Gasteiger partial charge on any atom is 0.278 e. The predicted molar refractivity (Wildman–Crippen MR) is 173 cm³/mol. The largest absolute Gasteiger partial charge is 0.384 e. The zero-order valence-corrected chi connectivity index (χ0v) is 25.4. The third-order valence-electron chi connectivity index (χ3n) is 8.63. The van der Waals surface area contributed by atoms with Gasteiger partial charge in [0, 0.05) is 68.4 Å². The number of allylic oxidation sites excluding steroid dienone is 1. The van der Waals surface area contributed by atoms with Crippen LogP contribution in [-0.2, 0) is 12.1 Å². The molecule has 2 aliphatic rings. The predicted octanol–water partition coefficient (Wildman–Crippen LogP) is 2.99. The molecule has 0 unspecified atom stereocenters. The van der Waals surface area contributed by atoms with Crippen LogP contribution in [0.4, 0.5) is 17.3 Å². The van der Waals surface area contributed by atoms with Crippen LogP contribution in [0.3, 0.4) is 0 Å². The summed E-state index contributed by atoms with van der Waals surface area (Å²) in [5.74, 6) is 0.835. The second-order valence-electron chi connectivity index (χ2n) is 12.2. The van der Waals surface area contributed by atoms with Crippen LogP contribution in [0, 0.1) is 0 Å². The minimum Gasteiger partial charge on any atom is -0.384 e. The lowest BCUT2D eigenvalue weighted by Crippen LogP contribution is -2.44. The Morgan fingerprint density at radius 2 is 1.91 bits per heavy atom. The number of hydrogen-bond acceptors (Lipinski definition) is 9. The fourth-order valence-corrected chi connectivity index (χ4v) is 6.03. The van der Waals surface area contributed by atoms with Crippen molar-refractivity contribution < 1.29 is 5.11 Å². The van der Waals surface area contributed by atoms with Gasteiger partial charge in [0.15, 0.2) is 11.5 Å². The molecular weight excluding hydrogens is 556 g/mol. The van der Waals surface area contributed by atoms with E-state index < -0.39 is 5.60 Å². The van der Waals surface area contributed by atoms with Crippen LogP contribution in [0.2, 0.25) is 0 Å². The summed E-state index contributed by atoms with van der Waals surface area (Å²) in [5, 5.41) is 19.1. The molecule has 0 saturated carbocycles. The van der Waals surface area contributed by atoms with Crippen molar-refractivity contribution in [3.63, 3.8) is 0 Å². The minimum atomic E-state index is -1.16. The van der Waals surface area contributed by atoms with Crippen molar-refractivity contribution in [3.8, 4) is 5.82 Å². The number of fused-ring (bicyclic) bond motifs is 2. The topological polar surface area (TPSA) is 121 Å². The first kappa shape index (κ1) is 28.3. The van der Waals surface area contributed by atoms with Gasteiger partial charge in [0.05, 0.1) is 23.8 Å². The maximum atomic E-state index is 13.5. The summed E-state index contributed by atoms with van der Waals surface area (Å²) in [4.78, 5) is 32.4. The minimum absolute atomic E-state index is 0.243. The summed E-state index contributed by atoms with van der Waals surface area (Å²) in [6, 6.07) is 12.3. The van der Waals surface area contributed by atoms with Crippen LogP contribution in [-0.4, -0.2) is 85.2 Å². The van der Waals surface area contributed by atoms with Crippen LogP contribution in [0.5, 0.6) is 0 Å². The molecule has 2 fully saturated rings. The first-order valence-electron chi connectivity index (χ1n) is 15.1. The van der Waals surface area contributed by atoms with Crippen LogP contribution < -0.4 is 21.1 Å². The van der Waals surface area contributed by atoms with E-state index in [2.05, 4.69) is 68.0 Å². The highest BCUT2D eigenvalue weighted by Gasteiger charge is 2.25. The van der Waals surface area contributed by atoms with Crippen molar-refractivity contribution in [2.45, 2.75) is 32.0 Å². The van der Waals surface area contributed by atoms with Gasteiger partial charge < -0.3 is 30.1 Å². The number of aromatic nitrogens is 6. The highest BCUT2D eigenvalue weighted by molar-refractivity contribution is 5.96. The van der Waals surface area contributed by atoms with E-state index in [-0.39, 0.29) is 12.1 Å². The fourth-order valence-electron chi connectivity index (χ4n) is 6.03. The van der Waals surface area contributed by atoms with Gasteiger partial charge in [-0.25, -0.2) is 19.3 Å². The Morgan fingerprint density at radius 1 is 1.11 bits per heavy atom.